The average molecular weight is 533 g/mol. The smallest absolute Gasteiger partial charge is 0.305 e. The molecule has 9 N–H and O–H groups in total. The predicted octanol–water partition coefficient (Wildman–Crippen LogP) is -0.471. The van der Waals surface area contributed by atoms with E-state index in [2.05, 4.69) is 0 Å². The van der Waals surface area contributed by atoms with E-state index >= 15 is 0 Å². The predicted molar refractivity (Wildman–Crippen MR) is 127 cm³/mol. The Morgan fingerprint density at radius 2 is 0.750 bits per heavy atom. The van der Waals surface area contributed by atoms with Crippen molar-refractivity contribution in [1.82, 2.24) is 0 Å². The zero-order chi connectivity index (χ0) is 30.3. The molecule has 14 nitrogen and oxygen atoms in total. The first-order chi connectivity index (χ1) is 16.1. The van der Waals surface area contributed by atoms with Crippen LogP contribution in [0.4, 0.5) is 0 Å². The van der Waals surface area contributed by atoms with Crippen LogP contribution < -0.4 is 0 Å². The van der Waals surface area contributed by atoms with Crippen molar-refractivity contribution >= 4 is 30.2 Å². The first-order valence-electron chi connectivity index (χ1n) is 10.8. The first-order valence-corrected chi connectivity index (χ1v) is 10.8. The van der Waals surface area contributed by atoms with Crippen LogP contribution in [0.3, 0.4) is 0 Å². The summed E-state index contributed by atoms with van der Waals surface area (Å²) in [6, 6.07) is 0. The second-order valence-electron chi connectivity index (χ2n) is 8.33. The van der Waals surface area contributed by atoms with Gasteiger partial charge in [0.05, 0.1) is 30.3 Å². The number of hydrogen-bond acceptors (Lipinski definition) is 10. The summed E-state index contributed by atoms with van der Waals surface area (Å²) in [4.78, 5) is 48.7. The van der Waals surface area contributed by atoms with Crippen LogP contribution in [-0.2, 0) is 24.0 Å². The molecule has 0 rings (SSSR count). The number of carboxylic acid groups (broad SMARTS) is 4. The molecule has 0 saturated heterocycles. The fraction of sp³-hybridized carbons (Fsp3) is 0.773. The molecule has 0 aliphatic heterocycles. The van der Waals surface area contributed by atoms with Gasteiger partial charge in [-0.15, -0.1) is 0 Å². The zero-order valence-corrected chi connectivity index (χ0v) is 22.0. The van der Waals surface area contributed by atoms with E-state index in [1.54, 1.807) is 55.4 Å². The standard InChI is InChI=1S/C6H12O6.4C4H8O2/c7-1-3(9)5(11)6(12)4(10)2-8;4*1-3(2)4(5)6/h1,3-6,8-12H,2H2;4*3H,1-2H3,(H,5,6). The molecule has 0 aromatic carbocycles. The highest BCUT2D eigenvalue weighted by Crippen LogP contribution is 2.03. The van der Waals surface area contributed by atoms with Gasteiger partial charge in [0.2, 0.25) is 0 Å². The third kappa shape index (κ3) is 33.5. The average Bonchev–Trinajstić information content (AvgIpc) is 2.78. The Morgan fingerprint density at radius 1 is 0.556 bits per heavy atom. The molecule has 216 valence electrons. The van der Waals surface area contributed by atoms with Crippen molar-refractivity contribution in [2.75, 3.05) is 6.61 Å². The summed E-state index contributed by atoms with van der Waals surface area (Å²) in [7, 11) is 0. The van der Waals surface area contributed by atoms with Gasteiger partial charge in [-0.1, -0.05) is 55.4 Å². The van der Waals surface area contributed by atoms with E-state index in [1.807, 2.05) is 0 Å². The number of aldehydes is 1. The molecule has 0 saturated carbocycles. The maximum absolute atomic E-state index is 9.90. The largest absolute Gasteiger partial charge is 0.481 e. The molecule has 0 radical (unpaired) electrons. The number of carbonyl (C=O) groups is 5. The van der Waals surface area contributed by atoms with Crippen molar-refractivity contribution in [2.45, 2.75) is 79.8 Å². The summed E-state index contributed by atoms with van der Waals surface area (Å²) < 4.78 is 0. The summed E-state index contributed by atoms with van der Waals surface area (Å²) >= 11 is 0. The van der Waals surface area contributed by atoms with Gasteiger partial charge in [0.15, 0.2) is 6.29 Å². The van der Waals surface area contributed by atoms with E-state index in [4.69, 9.17) is 46.0 Å². The number of hydrogen-bond donors (Lipinski definition) is 9. The molecular weight excluding hydrogens is 488 g/mol. The maximum atomic E-state index is 9.90. The van der Waals surface area contributed by atoms with Crippen LogP contribution in [-0.4, -0.2) is 107 Å². The summed E-state index contributed by atoms with van der Waals surface area (Å²) in [6.07, 6.45) is -6.84. The minimum atomic E-state index is -1.79. The lowest BCUT2D eigenvalue weighted by Crippen LogP contribution is -2.46. The molecule has 0 aliphatic carbocycles. The summed E-state index contributed by atoms with van der Waals surface area (Å²) in [6.45, 7) is 12.4. The molecule has 0 amide bonds. The first kappa shape index (κ1) is 43.4. The van der Waals surface area contributed by atoms with Gasteiger partial charge in [0.1, 0.15) is 24.4 Å². The molecule has 4 atom stereocenters. The van der Waals surface area contributed by atoms with E-state index in [9.17, 15) is 24.0 Å². The fourth-order valence-electron chi connectivity index (χ4n) is 0.618. The Hall–Kier alpha value is -2.65. The Bertz CT molecular complexity index is 530. The third-order valence-electron chi connectivity index (χ3n) is 3.40. The maximum Gasteiger partial charge on any atom is 0.305 e. The summed E-state index contributed by atoms with van der Waals surface area (Å²) in [5.41, 5.74) is 0. The van der Waals surface area contributed by atoms with Crippen LogP contribution in [0.2, 0.25) is 0 Å². The highest BCUT2D eigenvalue weighted by molar-refractivity contribution is 5.69. The van der Waals surface area contributed by atoms with E-state index in [-0.39, 0.29) is 30.0 Å². The molecule has 14 heteroatoms. The normalized spacial score (nSPS) is 13.1. The van der Waals surface area contributed by atoms with E-state index in [0.29, 0.717) is 0 Å². The quantitative estimate of drug-likeness (QED) is 0.170. The Morgan fingerprint density at radius 3 is 0.861 bits per heavy atom. The van der Waals surface area contributed by atoms with Gasteiger partial charge in [-0.25, -0.2) is 0 Å². The van der Waals surface area contributed by atoms with E-state index < -0.39 is 54.9 Å². The molecule has 36 heavy (non-hydrogen) atoms. The van der Waals surface area contributed by atoms with Gasteiger partial charge in [-0.2, -0.15) is 0 Å². The third-order valence-corrected chi connectivity index (χ3v) is 3.40. The zero-order valence-electron chi connectivity index (χ0n) is 22.0. The minimum Gasteiger partial charge on any atom is -0.481 e. The van der Waals surface area contributed by atoms with Crippen molar-refractivity contribution < 1.29 is 69.9 Å². The van der Waals surface area contributed by atoms with Crippen LogP contribution in [0, 0.1) is 23.7 Å². The van der Waals surface area contributed by atoms with Crippen molar-refractivity contribution in [2.24, 2.45) is 23.7 Å². The minimum absolute atomic E-state index is 0.0258. The van der Waals surface area contributed by atoms with Crippen LogP contribution in [0.15, 0.2) is 0 Å². The molecule has 0 bridgehead atoms. The van der Waals surface area contributed by atoms with Gasteiger partial charge >= 0.3 is 23.9 Å². The van der Waals surface area contributed by atoms with Crippen molar-refractivity contribution in [3.63, 3.8) is 0 Å². The number of aliphatic carboxylic acids is 4. The molecule has 0 aromatic rings. The van der Waals surface area contributed by atoms with E-state index in [1.165, 1.54) is 0 Å². The van der Waals surface area contributed by atoms with Crippen LogP contribution in [0.25, 0.3) is 0 Å². The number of aliphatic hydroxyl groups is 5. The lowest BCUT2D eigenvalue weighted by Gasteiger charge is -2.22. The van der Waals surface area contributed by atoms with Crippen molar-refractivity contribution in [3.8, 4) is 0 Å². The number of aliphatic hydroxyl groups excluding tert-OH is 5. The lowest BCUT2D eigenvalue weighted by molar-refractivity contribution is -0.141. The van der Waals surface area contributed by atoms with Gasteiger partial charge < -0.3 is 50.8 Å². The highest BCUT2D eigenvalue weighted by atomic mass is 16.4. The Kier molecular flexibility index (Phi) is 30.7. The van der Waals surface area contributed by atoms with Crippen LogP contribution in [0.5, 0.6) is 0 Å². The SMILES string of the molecule is CC(C)C(=O)O.CC(C)C(=O)O.CC(C)C(=O)O.CC(C)C(=O)O.O=CC(O)C(O)C(O)C(O)CO. The molecule has 0 spiro atoms. The molecule has 4 unspecified atom stereocenters. The number of carboxylic acids is 4. The van der Waals surface area contributed by atoms with Crippen LogP contribution in [0.1, 0.15) is 55.4 Å². The fourth-order valence-corrected chi connectivity index (χ4v) is 0.618. The molecule has 0 aromatic heterocycles. The van der Waals surface area contributed by atoms with Crippen molar-refractivity contribution in [1.29, 1.82) is 0 Å². The lowest BCUT2D eigenvalue weighted by atomic mass is 10.0. The monoisotopic (exact) mass is 532 g/mol. The van der Waals surface area contributed by atoms with Crippen LogP contribution >= 0.6 is 0 Å². The summed E-state index contributed by atoms with van der Waals surface area (Å²) in [5, 5.41) is 75.5. The molecule has 0 heterocycles. The molecule has 0 fully saturated rings. The highest BCUT2D eigenvalue weighted by Gasteiger charge is 2.29. The second-order valence-corrected chi connectivity index (χ2v) is 8.33. The van der Waals surface area contributed by atoms with Crippen molar-refractivity contribution in [3.05, 3.63) is 0 Å². The topological polar surface area (TPSA) is 267 Å². The Labute approximate surface area is 210 Å². The van der Waals surface area contributed by atoms with Gasteiger partial charge in [0, 0.05) is 0 Å². The van der Waals surface area contributed by atoms with Gasteiger partial charge in [-0.05, 0) is 0 Å². The number of rotatable bonds is 9. The summed E-state index contributed by atoms with van der Waals surface area (Å²) in [5.74, 6) is -3.89. The van der Waals surface area contributed by atoms with Gasteiger partial charge in [-0.3, -0.25) is 19.2 Å². The van der Waals surface area contributed by atoms with Gasteiger partial charge in [0.25, 0.3) is 0 Å². The molecular formula is C22H44O14. The van der Waals surface area contributed by atoms with E-state index in [0.717, 1.165) is 0 Å². The Balaban J connectivity index is -0.000000116. The second kappa shape index (κ2) is 25.4. The molecule has 0 aliphatic rings. The number of carbonyl (C=O) groups excluding carboxylic acids is 1.